The van der Waals surface area contributed by atoms with Gasteiger partial charge in [-0.25, -0.2) is 13.4 Å². The van der Waals surface area contributed by atoms with Gasteiger partial charge in [0.1, 0.15) is 5.01 Å². The van der Waals surface area contributed by atoms with E-state index in [0.717, 1.165) is 45.1 Å². The van der Waals surface area contributed by atoms with Crippen LogP contribution in [0.1, 0.15) is 36.3 Å². The Morgan fingerprint density at radius 3 is 2.35 bits per heavy atom. The number of hydrogen-bond acceptors (Lipinski definition) is 6. The molecule has 3 aliphatic rings. The second-order valence-electron chi connectivity index (χ2n) is 10.00. The van der Waals surface area contributed by atoms with Gasteiger partial charge in [-0.3, -0.25) is 0 Å². The van der Waals surface area contributed by atoms with Gasteiger partial charge in [0.25, 0.3) is 0 Å². The molecule has 1 aliphatic heterocycles. The predicted octanol–water partition coefficient (Wildman–Crippen LogP) is 5.19. The van der Waals surface area contributed by atoms with Crippen molar-refractivity contribution >= 4 is 26.9 Å². The molecule has 1 atom stereocenters. The average Bonchev–Trinajstić information content (AvgIpc) is 3.38. The van der Waals surface area contributed by atoms with Crippen LogP contribution in [0.3, 0.4) is 0 Å². The SMILES string of the molecule is NC1(c2ccc(-c3nc(C4=CCC(S(=O)(=O)N5CCOCC5)C=C4)sc3-c3ccccc3)cc2)CCC1. The number of morpholine rings is 1. The van der Waals surface area contributed by atoms with E-state index in [2.05, 4.69) is 36.4 Å². The molecule has 6 nitrogen and oxygen atoms in total. The fourth-order valence-corrected chi connectivity index (χ4v) is 7.97. The Kier molecular flexibility index (Phi) is 6.63. The van der Waals surface area contributed by atoms with Crippen LogP contribution in [-0.4, -0.2) is 49.3 Å². The molecule has 2 fully saturated rings. The van der Waals surface area contributed by atoms with E-state index in [1.165, 1.54) is 12.0 Å². The Labute approximate surface area is 222 Å². The summed E-state index contributed by atoms with van der Waals surface area (Å²) >= 11 is 1.64. The number of aromatic nitrogens is 1. The summed E-state index contributed by atoms with van der Waals surface area (Å²) < 4.78 is 33.1. The first kappa shape index (κ1) is 24.7. The third-order valence-electron chi connectivity index (χ3n) is 7.66. The molecule has 37 heavy (non-hydrogen) atoms. The van der Waals surface area contributed by atoms with Gasteiger partial charge >= 0.3 is 0 Å². The Hall–Kier alpha value is -2.62. The lowest BCUT2D eigenvalue weighted by Crippen LogP contribution is -2.44. The van der Waals surface area contributed by atoms with E-state index in [4.69, 9.17) is 15.5 Å². The van der Waals surface area contributed by atoms with Crippen molar-refractivity contribution < 1.29 is 13.2 Å². The maximum Gasteiger partial charge on any atom is 0.221 e. The molecule has 0 bridgehead atoms. The minimum atomic E-state index is -3.40. The normalized spacial score (nSPS) is 21.9. The molecule has 1 saturated heterocycles. The van der Waals surface area contributed by atoms with Crippen LogP contribution in [-0.2, 0) is 20.3 Å². The molecule has 2 heterocycles. The number of allylic oxidation sites excluding steroid dienone is 3. The molecule has 1 saturated carbocycles. The zero-order valence-corrected chi connectivity index (χ0v) is 22.3. The second kappa shape index (κ2) is 9.93. The van der Waals surface area contributed by atoms with Crippen LogP contribution in [0.2, 0.25) is 0 Å². The maximum absolute atomic E-state index is 13.1. The maximum atomic E-state index is 13.1. The summed E-state index contributed by atoms with van der Waals surface area (Å²) in [5.74, 6) is 0. The van der Waals surface area contributed by atoms with E-state index in [1.807, 2.05) is 36.4 Å². The molecule has 0 amide bonds. The molecule has 2 aliphatic carbocycles. The van der Waals surface area contributed by atoms with Gasteiger partial charge in [-0.1, -0.05) is 72.8 Å². The van der Waals surface area contributed by atoms with Gasteiger partial charge < -0.3 is 10.5 Å². The monoisotopic (exact) mass is 533 g/mol. The molecular weight excluding hydrogens is 502 g/mol. The molecule has 192 valence electrons. The summed E-state index contributed by atoms with van der Waals surface area (Å²) in [4.78, 5) is 6.18. The van der Waals surface area contributed by atoms with Crippen LogP contribution in [0.15, 0.2) is 72.8 Å². The highest BCUT2D eigenvalue weighted by molar-refractivity contribution is 7.89. The molecule has 6 rings (SSSR count). The van der Waals surface area contributed by atoms with Crippen molar-refractivity contribution in [2.75, 3.05) is 26.3 Å². The van der Waals surface area contributed by atoms with Crippen LogP contribution in [0, 0.1) is 0 Å². The number of benzene rings is 2. The number of sulfonamides is 1. The fraction of sp³-hybridized carbons (Fsp3) is 0.345. The first-order valence-corrected chi connectivity index (χ1v) is 15.2. The van der Waals surface area contributed by atoms with Gasteiger partial charge in [0.05, 0.1) is 29.0 Å². The number of hydrogen-bond donors (Lipinski definition) is 1. The minimum Gasteiger partial charge on any atom is -0.379 e. The van der Waals surface area contributed by atoms with E-state index < -0.39 is 15.3 Å². The highest BCUT2D eigenvalue weighted by Gasteiger charge is 2.34. The van der Waals surface area contributed by atoms with Crippen molar-refractivity contribution in [3.8, 4) is 21.7 Å². The standard InChI is InChI=1S/C29H31N3O3S2/c30-29(15-4-16-29)24-11-7-21(8-12-24)26-27(22-5-2-1-3-6-22)36-28(31-26)23-9-13-25(14-10-23)37(33,34)32-17-19-35-20-18-32/h1-3,5-13,25H,4,14-20,30H2. The largest absolute Gasteiger partial charge is 0.379 e. The zero-order chi connectivity index (χ0) is 25.5. The summed E-state index contributed by atoms with van der Waals surface area (Å²) in [7, 11) is -3.40. The number of nitrogens with zero attached hydrogens (tertiary/aromatic N) is 2. The summed E-state index contributed by atoms with van der Waals surface area (Å²) in [5.41, 5.74) is 11.6. The van der Waals surface area contributed by atoms with Crippen molar-refractivity contribution in [2.24, 2.45) is 5.73 Å². The van der Waals surface area contributed by atoms with Gasteiger partial charge in [0.15, 0.2) is 0 Å². The van der Waals surface area contributed by atoms with Crippen LogP contribution in [0.25, 0.3) is 27.3 Å². The summed E-state index contributed by atoms with van der Waals surface area (Å²) in [6.07, 6.45) is 9.44. The van der Waals surface area contributed by atoms with E-state index in [1.54, 1.807) is 15.6 Å². The number of rotatable bonds is 6. The van der Waals surface area contributed by atoms with Crippen molar-refractivity contribution in [3.63, 3.8) is 0 Å². The van der Waals surface area contributed by atoms with Crippen molar-refractivity contribution in [1.82, 2.24) is 9.29 Å². The zero-order valence-electron chi connectivity index (χ0n) is 20.7. The smallest absolute Gasteiger partial charge is 0.221 e. The second-order valence-corrected chi connectivity index (χ2v) is 13.1. The third-order valence-corrected chi connectivity index (χ3v) is 11.0. The Balaban J connectivity index is 1.30. The molecule has 1 unspecified atom stereocenters. The number of thiazole rings is 1. The Morgan fingerprint density at radius 2 is 1.73 bits per heavy atom. The van der Waals surface area contributed by atoms with Crippen molar-refractivity contribution in [3.05, 3.63) is 83.4 Å². The Morgan fingerprint density at radius 1 is 1.00 bits per heavy atom. The topological polar surface area (TPSA) is 85.5 Å². The van der Waals surface area contributed by atoms with E-state index in [-0.39, 0.29) is 5.54 Å². The molecule has 0 radical (unpaired) electrons. The number of ether oxygens (including phenoxy) is 1. The Bertz CT molecular complexity index is 1430. The highest BCUT2D eigenvalue weighted by atomic mass is 32.2. The van der Waals surface area contributed by atoms with E-state index in [9.17, 15) is 8.42 Å². The summed E-state index contributed by atoms with van der Waals surface area (Å²) in [5, 5.41) is 0.343. The van der Waals surface area contributed by atoms with Crippen molar-refractivity contribution in [2.45, 2.75) is 36.5 Å². The minimum absolute atomic E-state index is 0.191. The quantitative estimate of drug-likeness (QED) is 0.471. The number of nitrogens with two attached hydrogens (primary N) is 1. The summed E-state index contributed by atoms with van der Waals surface area (Å²) in [6.45, 7) is 1.75. The third kappa shape index (κ3) is 4.73. The van der Waals surface area contributed by atoms with Gasteiger partial charge in [-0.2, -0.15) is 4.31 Å². The first-order chi connectivity index (χ1) is 17.9. The molecule has 2 aromatic carbocycles. The molecule has 0 spiro atoms. The van der Waals surface area contributed by atoms with Crippen LogP contribution in [0.5, 0.6) is 0 Å². The van der Waals surface area contributed by atoms with Gasteiger partial charge in [0, 0.05) is 29.8 Å². The summed E-state index contributed by atoms with van der Waals surface area (Å²) in [6, 6.07) is 18.8. The van der Waals surface area contributed by atoms with E-state index >= 15 is 0 Å². The average molecular weight is 534 g/mol. The molecule has 1 aromatic heterocycles. The molecule has 8 heteroatoms. The van der Waals surface area contributed by atoms with Crippen LogP contribution < -0.4 is 5.73 Å². The van der Waals surface area contributed by atoms with Crippen molar-refractivity contribution in [1.29, 1.82) is 0 Å². The van der Waals surface area contributed by atoms with Crippen LogP contribution >= 0.6 is 11.3 Å². The highest BCUT2D eigenvalue weighted by Crippen LogP contribution is 2.42. The molecule has 2 N–H and O–H groups in total. The molecule has 3 aromatic rings. The first-order valence-electron chi connectivity index (χ1n) is 12.9. The van der Waals surface area contributed by atoms with Gasteiger partial charge in [-0.15, -0.1) is 11.3 Å². The van der Waals surface area contributed by atoms with Crippen LogP contribution in [0.4, 0.5) is 0 Å². The lowest BCUT2D eigenvalue weighted by atomic mass is 9.72. The lowest BCUT2D eigenvalue weighted by Gasteiger charge is -2.38. The van der Waals surface area contributed by atoms with E-state index in [0.29, 0.717) is 32.7 Å². The fourth-order valence-electron chi connectivity index (χ4n) is 5.20. The predicted molar refractivity (Wildman–Crippen MR) is 150 cm³/mol. The lowest BCUT2D eigenvalue weighted by molar-refractivity contribution is 0.0728. The van der Waals surface area contributed by atoms with Gasteiger partial charge in [0.2, 0.25) is 10.0 Å². The molecular formula is C29H31N3O3S2. The van der Waals surface area contributed by atoms with Gasteiger partial charge in [-0.05, 0) is 36.8 Å².